The van der Waals surface area contributed by atoms with Crippen molar-refractivity contribution >= 4 is 5.95 Å². The van der Waals surface area contributed by atoms with Crippen molar-refractivity contribution in [3.63, 3.8) is 0 Å². The Morgan fingerprint density at radius 3 is 2.59 bits per heavy atom. The summed E-state index contributed by atoms with van der Waals surface area (Å²) in [4.78, 5) is 13.7. The fourth-order valence-corrected chi connectivity index (χ4v) is 2.41. The van der Waals surface area contributed by atoms with E-state index in [4.69, 9.17) is 0 Å². The molecule has 0 atom stereocenters. The molecule has 0 radical (unpaired) electrons. The van der Waals surface area contributed by atoms with Gasteiger partial charge in [0.2, 0.25) is 5.95 Å². The van der Waals surface area contributed by atoms with Gasteiger partial charge < -0.3 is 10.2 Å². The average Bonchev–Trinajstić information content (AvgIpc) is 2.28. The van der Waals surface area contributed by atoms with E-state index in [-0.39, 0.29) is 0 Å². The smallest absolute Gasteiger partial charge is 0.225 e. The molecule has 17 heavy (non-hydrogen) atoms. The second-order valence-electron chi connectivity index (χ2n) is 4.83. The van der Waals surface area contributed by atoms with Crippen LogP contribution in [0.25, 0.3) is 0 Å². The maximum absolute atomic E-state index is 4.48. The van der Waals surface area contributed by atoms with Crippen molar-refractivity contribution < 1.29 is 0 Å². The Bertz CT molecular complexity index is 382. The van der Waals surface area contributed by atoms with Gasteiger partial charge in [-0.15, -0.1) is 0 Å². The molecule has 0 aliphatic carbocycles. The summed E-state index contributed by atoms with van der Waals surface area (Å²) in [6.07, 6.45) is 1.85. The van der Waals surface area contributed by atoms with Crippen molar-refractivity contribution in [3.8, 4) is 0 Å². The standard InChI is InChI=1S/C12H19N5/c1-10-2-3-14-12(15-10)17-6-4-16(5-7-17)11-8-13-9-11/h2-3,11,13H,4-9H2,1H3. The number of aryl methyl sites for hydroxylation is 1. The third-order valence-corrected chi connectivity index (χ3v) is 3.66. The Hall–Kier alpha value is -1.20. The van der Waals surface area contributed by atoms with Crippen LogP contribution < -0.4 is 10.2 Å². The molecular formula is C12H19N5. The first-order valence-electron chi connectivity index (χ1n) is 6.32. The van der Waals surface area contributed by atoms with Gasteiger partial charge in [0.25, 0.3) is 0 Å². The Kier molecular flexibility index (Phi) is 2.94. The molecule has 0 amide bonds. The highest BCUT2D eigenvalue weighted by atomic mass is 15.3. The monoisotopic (exact) mass is 233 g/mol. The van der Waals surface area contributed by atoms with Crippen LogP contribution in [0.2, 0.25) is 0 Å². The van der Waals surface area contributed by atoms with Gasteiger partial charge in [0.1, 0.15) is 0 Å². The summed E-state index contributed by atoms with van der Waals surface area (Å²) in [6, 6.07) is 2.70. The number of hydrogen-bond acceptors (Lipinski definition) is 5. The van der Waals surface area contributed by atoms with Gasteiger partial charge in [-0.3, -0.25) is 4.90 Å². The summed E-state index contributed by atoms with van der Waals surface area (Å²) in [5.41, 5.74) is 1.04. The van der Waals surface area contributed by atoms with Gasteiger partial charge in [-0.2, -0.15) is 0 Å². The van der Waals surface area contributed by atoms with Crippen molar-refractivity contribution in [2.75, 3.05) is 44.2 Å². The molecule has 92 valence electrons. The fraction of sp³-hybridized carbons (Fsp3) is 0.667. The molecule has 2 aliphatic rings. The molecule has 1 aromatic heterocycles. The number of nitrogens with zero attached hydrogens (tertiary/aromatic N) is 4. The Morgan fingerprint density at radius 1 is 1.24 bits per heavy atom. The number of hydrogen-bond donors (Lipinski definition) is 1. The van der Waals surface area contributed by atoms with E-state index in [0.29, 0.717) is 0 Å². The molecule has 5 heteroatoms. The number of nitrogens with one attached hydrogen (secondary N) is 1. The fourth-order valence-electron chi connectivity index (χ4n) is 2.41. The average molecular weight is 233 g/mol. The zero-order chi connectivity index (χ0) is 11.7. The van der Waals surface area contributed by atoms with Crippen LogP contribution in [0.4, 0.5) is 5.95 Å². The van der Waals surface area contributed by atoms with Crippen LogP contribution in [0, 0.1) is 6.92 Å². The molecule has 2 aliphatic heterocycles. The summed E-state index contributed by atoms with van der Waals surface area (Å²) >= 11 is 0. The van der Waals surface area contributed by atoms with E-state index in [9.17, 15) is 0 Å². The molecule has 2 fully saturated rings. The van der Waals surface area contributed by atoms with E-state index >= 15 is 0 Å². The zero-order valence-corrected chi connectivity index (χ0v) is 10.3. The van der Waals surface area contributed by atoms with Crippen LogP contribution >= 0.6 is 0 Å². The summed E-state index contributed by atoms with van der Waals surface area (Å²) in [5.74, 6) is 0.886. The van der Waals surface area contributed by atoms with E-state index < -0.39 is 0 Å². The lowest BCUT2D eigenvalue weighted by Gasteiger charge is -2.43. The minimum atomic E-state index is 0.760. The summed E-state index contributed by atoms with van der Waals surface area (Å²) < 4.78 is 0. The van der Waals surface area contributed by atoms with Crippen LogP contribution in [-0.4, -0.2) is 60.2 Å². The van der Waals surface area contributed by atoms with E-state index in [0.717, 1.165) is 57.0 Å². The molecule has 0 bridgehead atoms. The minimum absolute atomic E-state index is 0.760. The van der Waals surface area contributed by atoms with Crippen LogP contribution in [0.1, 0.15) is 5.69 Å². The van der Waals surface area contributed by atoms with Gasteiger partial charge >= 0.3 is 0 Å². The topological polar surface area (TPSA) is 44.3 Å². The molecule has 1 aromatic rings. The van der Waals surface area contributed by atoms with E-state index in [1.807, 2.05) is 19.2 Å². The molecule has 2 saturated heterocycles. The van der Waals surface area contributed by atoms with Gasteiger partial charge in [-0.05, 0) is 13.0 Å². The first-order chi connectivity index (χ1) is 8.33. The molecule has 3 heterocycles. The van der Waals surface area contributed by atoms with E-state index in [1.54, 1.807) is 0 Å². The minimum Gasteiger partial charge on any atom is -0.338 e. The van der Waals surface area contributed by atoms with Crippen molar-refractivity contribution in [1.82, 2.24) is 20.2 Å². The maximum Gasteiger partial charge on any atom is 0.225 e. The molecule has 0 unspecified atom stereocenters. The van der Waals surface area contributed by atoms with Gasteiger partial charge in [-0.25, -0.2) is 9.97 Å². The molecule has 1 N–H and O–H groups in total. The van der Waals surface area contributed by atoms with Gasteiger partial charge in [0, 0.05) is 57.2 Å². The number of aromatic nitrogens is 2. The maximum atomic E-state index is 4.48. The van der Waals surface area contributed by atoms with Crippen molar-refractivity contribution in [2.24, 2.45) is 0 Å². The van der Waals surface area contributed by atoms with Crippen molar-refractivity contribution in [1.29, 1.82) is 0 Å². The highest BCUT2D eigenvalue weighted by Gasteiger charge is 2.28. The van der Waals surface area contributed by atoms with Gasteiger partial charge in [-0.1, -0.05) is 0 Å². The Balaban J connectivity index is 1.60. The lowest BCUT2D eigenvalue weighted by molar-refractivity contribution is 0.137. The predicted octanol–water partition coefficient (Wildman–Crippen LogP) is -0.121. The van der Waals surface area contributed by atoms with Gasteiger partial charge in [0.05, 0.1) is 0 Å². The van der Waals surface area contributed by atoms with E-state index in [2.05, 4.69) is 25.1 Å². The quantitative estimate of drug-likeness (QED) is 0.771. The van der Waals surface area contributed by atoms with Crippen LogP contribution in [0.5, 0.6) is 0 Å². The second-order valence-corrected chi connectivity index (χ2v) is 4.83. The van der Waals surface area contributed by atoms with Gasteiger partial charge in [0.15, 0.2) is 0 Å². The normalized spacial score (nSPS) is 22.5. The molecule has 3 rings (SSSR count). The van der Waals surface area contributed by atoms with Crippen LogP contribution in [0.15, 0.2) is 12.3 Å². The molecule has 0 spiro atoms. The second kappa shape index (κ2) is 4.58. The first-order valence-corrected chi connectivity index (χ1v) is 6.32. The van der Waals surface area contributed by atoms with Crippen LogP contribution in [0.3, 0.4) is 0 Å². The summed E-state index contributed by atoms with van der Waals surface area (Å²) in [7, 11) is 0. The molecule has 5 nitrogen and oxygen atoms in total. The van der Waals surface area contributed by atoms with Crippen molar-refractivity contribution in [3.05, 3.63) is 18.0 Å². The highest BCUT2D eigenvalue weighted by Crippen LogP contribution is 2.14. The third kappa shape index (κ3) is 2.25. The zero-order valence-electron chi connectivity index (χ0n) is 10.3. The number of anilines is 1. The van der Waals surface area contributed by atoms with Crippen molar-refractivity contribution in [2.45, 2.75) is 13.0 Å². The van der Waals surface area contributed by atoms with Crippen LogP contribution in [-0.2, 0) is 0 Å². The number of rotatable bonds is 2. The van der Waals surface area contributed by atoms with E-state index in [1.165, 1.54) is 0 Å². The largest absolute Gasteiger partial charge is 0.338 e. The molecule has 0 aromatic carbocycles. The molecular weight excluding hydrogens is 214 g/mol. The first kappa shape index (κ1) is 10.9. The Labute approximate surface area is 102 Å². The SMILES string of the molecule is Cc1ccnc(N2CCN(C3CNC3)CC2)n1. The lowest BCUT2D eigenvalue weighted by Crippen LogP contribution is -2.61. The highest BCUT2D eigenvalue weighted by molar-refractivity contribution is 5.30. The lowest BCUT2D eigenvalue weighted by atomic mass is 10.1. The third-order valence-electron chi connectivity index (χ3n) is 3.66. The number of piperazine rings is 1. The Morgan fingerprint density at radius 2 is 2.00 bits per heavy atom. The summed E-state index contributed by atoms with van der Waals surface area (Å²) in [5, 5.41) is 3.33. The summed E-state index contributed by atoms with van der Waals surface area (Å²) in [6.45, 7) is 8.66. The predicted molar refractivity (Wildman–Crippen MR) is 67.2 cm³/mol. The molecule has 0 saturated carbocycles.